The van der Waals surface area contributed by atoms with Gasteiger partial charge in [0.1, 0.15) is 10.7 Å². The van der Waals surface area contributed by atoms with Crippen LogP contribution in [0.5, 0.6) is 0 Å². The molecule has 0 bridgehead atoms. The molecule has 7 nitrogen and oxygen atoms in total. The molecule has 3 N–H and O–H groups in total. The number of benzene rings is 1. The highest BCUT2D eigenvalue weighted by atomic mass is 35.5. The molecule has 1 aromatic carbocycles. The van der Waals surface area contributed by atoms with E-state index in [-0.39, 0.29) is 17.4 Å². The quantitative estimate of drug-likeness (QED) is 0.453. The molecule has 9 heteroatoms. The molecule has 3 rings (SSSR count). The average molecular weight is 463 g/mol. The van der Waals surface area contributed by atoms with Crippen LogP contribution < -0.4 is 21.9 Å². The fourth-order valence-corrected chi connectivity index (χ4v) is 4.95. The summed E-state index contributed by atoms with van der Waals surface area (Å²) >= 11 is 7.82. The predicted octanol–water partition coefficient (Wildman–Crippen LogP) is 4.62. The number of nitrogens with two attached hydrogens (primary N) is 1. The number of nitrogen functional groups attached to an aromatic ring is 1. The van der Waals surface area contributed by atoms with E-state index in [0.29, 0.717) is 29.4 Å². The third-order valence-electron chi connectivity index (χ3n) is 5.18. The Hall–Kier alpha value is -2.58. The largest absolute Gasteiger partial charge is 0.383 e. The first kappa shape index (κ1) is 23.1. The second-order valence-electron chi connectivity index (χ2n) is 7.40. The molecule has 0 aliphatic carbocycles. The fourth-order valence-electron chi connectivity index (χ4n) is 3.49. The summed E-state index contributed by atoms with van der Waals surface area (Å²) in [6.07, 6.45) is 4.11. The third kappa shape index (κ3) is 4.70. The van der Waals surface area contributed by atoms with Gasteiger partial charge in [-0.25, -0.2) is 4.79 Å². The Bertz CT molecular complexity index is 1200. The highest BCUT2D eigenvalue weighted by Crippen LogP contribution is 2.36. The number of unbranched alkanes of at least 4 members (excludes halogenated alkanes) is 3. The zero-order valence-corrected chi connectivity index (χ0v) is 19.3. The van der Waals surface area contributed by atoms with E-state index in [1.54, 1.807) is 0 Å². The lowest BCUT2D eigenvalue weighted by molar-refractivity contribution is 0.0990. The maximum Gasteiger partial charge on any atom is 0.330 e. The number of rotatable bonds is 9. The minimum absolute atomic E-state index is 0.00396. The molecule has 0 fully saturated rings. The molecule has 166 valence electrons. The van der Waals surface area contributed by atoms with Crippen molar-refractivity contribution in [1.82, 2.24) is 9.55 Å². The van der Waals surface area contributed by atoms with Gasteiger partial charge in [0.05, 0.1) is 5.02 Å². The highest BCUT2D eigenvalue weighted by Gasteiger charge is 2.28. The van der Waals surface area contributed by atoms with E-state index in [0.717, 1.165) is 35.8 Å². The van der Waals surface area contributed by atoms with Gasteiger partial charge in [0, 0.05) is 23.2 Å². The smallest absolute Gasteiger partial charge is 0.330 e. The molecule has 0 radical (unpaired) electrons. The number of carbonyl (C=O) groups is 1. The second-order valence-corrected chi connectivity index (χ2v) is 8.83. The van der Waals surface area contributed by atoms with Gasteiger partial charge in [-0.15, -0.1) is 11.3 Å². The van der Waals surface area contributed by atoms with Crippen LogP contribution in [0.3, 0.4) is 0 Å². The van der Waals surface area contributed by atoms with Gasteiger partial charge in [0.25, 0.3) is 11.5 Å². The highest BCUT2D eigenvalue weighted by molar-refractivity contribution is 7.21. The molecule has 3 aromatic rings. The van der Waals surface area contributed by atoms with Crippen LogP contribution in [-0.4, -0.2) is 22.0 Å². The van der Waals surface area contributed by atoms with E-state index in [9.17, 15) is 14.4 Å². The number of amides is 1. The van der Waals surface area contributed by atoms with Gasteiger partial charge in [-0.1, -0.05) is 62.9 Å². The number of halogens is 1. The first-order valence-electron chi connectivity index (χ1n) is 10.5. The van der Waals surface area contributed by atoms with Crippen molar-refractivity contribution in [3.8, 4) is 0 Å². The van der Waals surface area contributed by atoms with Crippen LogP contribution in [0.4, 0.5) is 11.5 Å². The number of nitrogens with zero attached hydrogens (tertiary/aromatic N) is 2. The maximum atomic E-state index is 13.6. The second kappa shape index (κ2) is 10.2. The summed E-state index contributed by atoms with van der Waals surface area (Å²) in [6, 6.07) is 7.50. The molecule has 1 amide bonds. The minimum Gasteiger partial charge on any atom is -0.383 e. The number of hydrogen-bond donors (Lipinski definition) is 2. The van der Waals surface area contributed by atoms with Crippen molar-refractivity contribution in [2.24, 2.45) is 0 Å². The average Bonchev–Trinajstić information content (AvgIpc) is 3.08. The molecule has 0 saturated carbocycles. The van der Waals surface area contributed by atoms with E-state index in [4.69, 9.17) is 17.3 Å². The zero-order valence-electron chi connectivity index (χ0n) is 17.7. The lowest BCUT2D eigenvalue weighted by Crippen LogP contribution is -2.41. The standard InChI is InChI=1S/C22H27ClN4O3S/c1-3-5-9-13-26(17-19(24)27(12-6-4-2)22(30)25-20(17)28)21(29)18-16(23)14-10-7-8-11-15(14)31-18/h7-8,10-11H,3-6,9,12-13,24H2,1-2H3,(H,25,28,30). The van der Waals surface area contributed by atoms with Gasteiger partial charge in [0.2, 0.25) is 0 Å². The fraction of sp³-hybridized carbons (Fsp3) is 0.409. The van der Waals surface area contributed by atoms with Gasteiger partial charge < -0.3 is 5.73 Å². The van der Waals surface area contributed by atoms with Crippen molar-refractivity contribution >= 4 is 50.4 Å². The number of fused-ring (bicyclic) bond motifs is 1. The Morgan fingerprint density at radius 2 is 1.87 bits per heavy atom. The Labute approximate surface area is 189 Å². The lowest BCUT2D eigenvalue weighted by atomic mass is 10.2. The molecule has 0 atom stereocenters. The summed E-state index contributed by atoms with van der Waals surface area (Å²) in [6.45, 7) is 4.72. The van der Waals surface area contributed by atoms with Crippen molar-refractivity contribution in [2.45, 2.75) is 52.5 Å². The Kier molecular flexibility index (Phi) is 7.56. The van der Waals surface area contributed by atoms with Crippen LogP contribution in [0.2, 0.25) is 5.02 Å². The van der Waals surface area contributed by atoms with Gasteiger partial charge >= 0.3 is 5.69 Å². The van der Waals surface area contributed by atoms with E-state index in [1.807, 2.05) is 31.2 Å². The van der Waals surface area contributed by atoms with Crippen LogP contribution in [0, 0.1) is 0 Å². The minimum atomic E-state index is -0.669. The number of thiophene rings is 1. The molecule has 31 heavy (non-hydrogen) atoms. The number of aromatic amines is 1. The maximum absolute atomic E-state index is 13.6. The van der Waals surface area contributed by atoms with Gasteiger partial charge in [-0.2, -0.15) is 0 Å². The number of aromatic nitrogens is 2. The Morgan fingerprint density at radius 1 is 1.16 bits per heavy atom. The summed E-state index contributed by atoms with van der Waals surface area (Å²) in [4.78, 5) is 42.8. The Morgan fingerprint density at radius 3 is 2.55 bits per heavy atom. The topological polar surface area (TPSA) is 101 Å². The molecule has 2 heterocycles. The van der Waals surface area contributed by atoms with Crippen molar-refractivity contribution < 1.29 is 4.79 Å². The summed E-state index contributed by atoms with van der Waals surface area (Å²) < 4.78 is 2.21. The summed E-state index contributed by atoms with van der Waals surface area (Å²) in [7, 11) is 0. The Balaban J connectivity index is 2.13. The molecule has 0 saturated heterocycles. The van der Waals surface area contributed by atoms with Crippen molar-refractivity contribution in [1.29, 1.82) is 0 Å². The first-order valence-corrected chi connectivity index (χ1v) is 11.7. The number of anilines is 2. The number of hydrogen-bond acceptors (Lipinski definition) is 5. The number of H-pyrrole nitrogens is 1. The molecular formula is C22H27ClN4O3S. The van der Waals surface area contributed by atoms with Crippen LogP contribution in [0.1, 0.15) is 55.6 Å². The van der Waals surface area contributed by atoms with E-state index >= 15 is 0 Å². The first-order chi connectivity index (χ1) is 14.9. The van der Waals surface area contributed by atoms with E-state index < -0.39 is 11.2 Å². The van der Waals surface area contributed by atoms with Gasteiger partial charge in [0.15, 0.2) is 5.69 Å². The summed E-state index contributed by atoms with van der Waals surface area (Å²) in [5, 5.41) is 1.15. The van der Waals surface area contributed by atoms with Gasteiger partial charge in [-0.05, 0) is 18.9 Å². The molecule has 0 spiro atoms. The van der Waals surface area contributed by atoms with Crippen LogP contribution in [0.25, 0.3) is 10.1 Å². The molecular weight excluding hydrogens is 436 g/mol. The van der Waals surface area contributed by atoms with Crippen molar-refractivity contribution in [3.05, 3.63) is 55.0 Å². The monoisotopic (exact) mass is 462 g/mol. The van der Waals surface area contributed by atoms with Crippen LogP contribution >= 0.6 is 22.9 Å². The zero-order chi connectivity index (χ0) is 22.5. The van der Waals surface area contributed by atoms with Crippen LogP contribution in [-0.2, 0) is 6.54 Å². The summed E-state index contributed by atoms with van der Waals surface area (Å²) in [5.41, 5.74) is 5.05. The van der Waals surface area contributed by atoms with Crippen molar-refractivity contribution in [2.75, 3.05) is 17.2 Å². The lowest BCUT2D eigenvalue weighted by Gasteiger charge is -2.24. The predicted molar refractivity (Wildman–Crippen MR) is 129 cm³/mol. The molecule has 0 unspecified atom stereocenters. The number of carbonyl (C=O) groups excluding carboxylic acids is 1. The number of nitrogens with one attached hydrogen (secondary N) is 1. The van der Waals surface area contributed by atoms with Crippen LogP contribution in [0.15, 0.2) is 33.9 Å². The molecule has 2 aromatic heterocycles. The molecule has 0 aliphatic heterocycles. The normalized spacial score (nSPS) is 11.2. The van der Waals surface area contributed by atoms with E-state index in [1.165, 1.54) is 20.8 Å². The van der Waals surface area contributed by atoms with Gasteiger partial charge in [-0.3, -0.25) is 24.0 Å². The SMILES string of the molecule is CCCCCN(C(=O)c1sc2ccccc2c1Cl)c1c(N)n(CCCC)c(=O)[nH]c1=O. The van der Waals surface area contributed by atoms with Crippen molar-refractivity contribution in [3.63, 3.8) is 0 Å². The third-order valence-corrected chi connectivity index (χ3v) is 6.84. The molecule has 0 aliphatic rings. The van der Waals surface area contributed by atoms with E-state index in [2.05, 4.69) is 11.9 Å². The summed E-state index contributed by atoms with van der Waals surface area (Å²) in [5.74, 6) is -0.385.